The molecule has 0 saturated carbocycles. The van der Waals surface area contributed by atoms with E-state index in [2.05, 4.69) is 29.8 Å². The zero-order valence-corrected chi connectivity index (χ0v) is 11.4. The fraction of sp³-hybridized carbons (Fsp3) is 0.308. The van der Waals surface area contributed by atoms with Gasteiger partial charge in [-0.05, 0) is 35.8 Å². The molecule has 0 saturated heterocycles. The molecule has 92 valence electrons. The molecule has 0 spiro atoms. The van der Waals surface area contributed by atoms with Gasteiger partial charge in [0.05, 0.1) is 0 Å². The average molecular weight is 299 g/mol. The molecule has 0 atom stereocenters. The third-order valence-electron chi connectivity index (χ3n) is 2.19. The molecule has 0 aliphatic heterocycles. The molecule has 0 unspecified atom stereocenters. The summed E-state index contributed by atoms with van der Waals surface area (Å²) in [6.07, 6.45) is 2.56. The molecule has 1 N–H and O–H groups in total. The molecule has 0 amide bonds. The smallest absolute Gasteiger partial charge is 0.328 e. The van der Waals surface area contributed by atoms with Crippen LogP contribution >= 0.6 is 15.9 Å². The maximum absolute atomic E-state index is 10.3. The monoisotopic (exact) mass is 298 g/mol. The molecular formula is C13H15BrO3. The Morgan fingerprint density at radius 2 is 2.24 bits per heavy atom. The lowest BCUT2D eigenvalue weighted by Gasteiger charge is -2.13. The molecule has 4 heteroatoms. The Labute approximate surface area is 109 Å². The molecule has 0 fully saturated rings. The largest absolute Gasteiger partial charge is 0.489 e. The highest BCUT2D eigenvalue weighted by molar-refractivity contribution is 9.10. The van der Waals surface area contributed by atoms with Crippen molar-refractivity contribution in [3.05, 3.63) is 40.4 Å². The van der Waals surface area contributed by atoms with Gasteiger partial charge in [0.15, 0.2) is 0 Å². The van der Waals surface area contributed by atoms with E-state index in [-0.39, 0.29) is 6.61 Å². The summed E-state index contributed by atoms with van der Waals surface area (Å²) >= 11 is 3.42. The number of halogens is 1. The van der Waals surface area contributed by atoms with Crippen molar-refractivity contribution >= 4 is 21.9 Å². The van der Waals surface area contributed by atoms with Gasteiger partial charge in [-0.1, -0.05) is 29.8 Å². The molecule has 1 aromatic rings. The first-order chi connectivity index (χ1) is 8.00. The van der Waals surface area contributed by atoms with Gasteiger partial charge >= 0.3 is 5.97 Å². The molecule has 17 heavy (non-hydrogen) atoms. The molecule has 1 aromatic carbocycles. The van der Waals surface area contributed by atoms with Gasteiger partial charge in [0.25, 0.3) is 0 Å². The number of carbonyl (C=O) groups is 1. The van der Waals surface area contributed by atoms with E-state index in [9.17, 15) is 4.79 Å². The molecular weight excluding hydrogens is 284 g/mol. The van der Waals surface area contributed by atoms with Gasteiger partial charge < -0.3 is 9.84 Å². The van der Waals surface area contributed by atoms with Crippen molar-refractivity contribution in [2.75, 3.05) is 6.61 Å². The van der Waals surface area contributed by atoms with E-state index in [0.717, 1.165) is 21.9 Å². The van der Waals surface area contributed by atoms with Gasteiger partial charge in [0.1, 0.15) is 12.4 Å². The average Bonchev–Trinajstić information content (AvgIpc) is 2.25. The molecule has 0 bridgehead atoms. The lowest BCUT2D eigenvalue weighted by Crippen LogP contribution is -2.00. The SMILES string of the molecule is CC(C)c1cc(Br)ccc1OC/C=C/C(=O)O. The maximum Gasteiger partial charge on any atom is 0.328 e. The van der Waals surface area contributed by atoms with Crippen molar-refractivity contribution in [3.8, 4) is 5.75 Å². The minimum Gasteiger partial charge on any atom is -0.489 e. The molecule has 1 rings (SSSR count). The van der Waals surface area contributed by atoms with E-state index in [1.165, 1.54) is 6.08 Å². The van der Waals surface area contributed by atoms with Crippen LogP contribution in [-0.2, 0) is 4.79 Å². The topological polar surface area (TPSA) is 46.5 Å². The summed E-state index contributed by atoms with van der Waals surface area (Å²) in [6, 6.07) is 5.80. The molecule has 0 aliphatic rings. The van der Waals surface area contributed by atoms with E-state index in [1.807, 2.05) is 18.2 Å². The van der Waals surface area contributed by atoms with Crippen LogP contribution in [-0.4, -0.2) is 17.7 Å². The third kappa shape index (κ3) is 4.61. The van der Waals surface area contributed by atoms with Crippen molar-refractivity contribution < 1.29 is 14.6 Å². The number of aliphatic carboxylic acids is 1. The Hall–Kier alpha value is -1.29. The highest BCUT2D eigenvalue weighted by Gasteiger charge is 2.07. The van der Waals surface area contributed by atoms with Crippen molar-refractivity contribution in [3.63, 3.8) is 0 Å². The van der Waals surface area contributed by atoms with E-state index in [1.54, 1.807) is 0 Å². The van der Waals surface area contributed by atoms with Crippen LogP contribution in [0.5, 0.6) is 5.75 Å². The van der Waals surface area contributed by atoms with Crippen LogP contribution in [0.25, 0.3) is 0 Å². The summed E-state index contributed by atoms with van der Waals surface area (Å²) in [5.41, 5.74) is 1.10. The maximum atomic E-state index is 10.3. The lowest BCUT2D eigenvalue weighted by atomic mass is 10.0. The van der Waals surface area contributed by atoms with Crippen LogP contribution < -0.4 is 4.74 Å². The number of carboxylic acid groups (broad SMARTS) is 1. The molecule has 3 nitrogen and oxygen atoms in total. The van der Waals surface area contributed by atoms with E-state index < -0.39 is 5.97 Å². The predicted molar refractivity (Wildman–Crippen MR) is 70.5 cm³/mol. The van der Waals surface area contributed by atoms with Crippen LogP contribution in [0.3, 0.4) is 0 Å². The number of carboxylic acids is 1. The Kier molecular flexibility index (Phi) is 5.22. The first-order valence-corrected chi connectivity index (χ1v) is 6.11. The second kappa shape index (κ2) is 6.45. The number of hydrogen-bond donors (Lipinski definition) is 1. The normalized spacial score (nSPS) is 11.1. The quantitative estimate of drug-likeness (QED) is 0.845. The Morgan fingerprint density at radius 3 is 2.82 bits per heavy atom. The minimum absolute atomic E-state index is 0.258. The summed E-state index contributed by atoms with van der Waals surface area (Å²) in [6.45, 7) is 4.43. The zero-order chi connectivity index (χ0) is 12.8. The summed E-state index contributed by atoms with van der Waals surface area (Å²) in [7, 11) is 0. The van der Waals surface area contributed by atoms with Crippen LogP contribution in [0.2, 0.25) is 0 Å². The van der Waals surface area contributed by atoms with Gasteiger partial charge in [0.2, 0.25) is 0 Å². The van der Waals surface area contributed by atoms with Crippen molar-refractivity contribution in [2.24, 2.45) is 0 Å². The third-order valence-corrected chi connectivity index (χ3v) is 2.68. The number of hydrogen-bond acceptors (Lipinski definition) is 2. The fourth-order valence-corrected chi connectivity index (χ4v) is 1.77. The zero-order valence-electron chi connectivity index (χ0n) is 9.81. The standard InChI is InChI=1S/C13H15BrO3/c1-9(2)11-8-10(14)5-6-12(11)17-7-3-4-13(15)16/h3-6,8-9H,7H2,1-2H3,(H,15,16)/b4-3+. The first-order valence-electron chi connectivity index (χ1n) is 5.32. The molecule has 0 radical (unpaired) electrons. The second-order valence-electron chi connectivity index (χ2n) is 3.89. The van der Waals surface area contributed by atoms with Gasteiger partial charge in [-0.15, -0.1) is 0 Å². The number of benzene rings is 1. The van der Waals surface area contributed by atoms with E-state index >= 15 is 0 Å². The Bertz CT molecular complexity index is 425. The fourth-order valence-electron chi connectivity index (χ4n) is 1.39. The van der Waals surface area contributed by atoms with Crippen molar-refractivity contribution in [1.82, 2.24) is 0 Å². The Balaban J connectivity index is 2.73. The number of rotatable bonds is 5. The minimum atomic E-state index is -0.964. The highest BCUT2D eigenvalue weighted by atomic mass is 79.9. The van der Waals surface area contributed by atoms with Crippen LogP contribution in [0, 0.1) is 0 Å². The van der Waals surface area contributed by atoms with Gasteiger partial charge in [-0.25, -0.2) is 4.79 Å². The molecule has 0 heterocycles. The van der Waals surface area contributed by atoms with Crippen molar-refractivity contribution in [2.45, 2.75) is 19.8 Å². The van der Waals surface area contributed by atoms with Crippen LogP contribution in [0.4, 0.5) is 0 Å². The van der Waals surface area contributed by atoms with E-state index in [0.29, 0.717) is 5.92 Å². The van der Waals surface area contributed by atoms with Crippen molar-refractivity contribution in [1.29, 1.82) is 0 Å². The summed E-state index contributed by atoms with van der Waals surface area (Å²) in [4.78, 5) is 10.3. The number of ether oxygens (including phenoxy) is 1. The summed E-state index contributed by atoms with van der Waals surface area (Å²) in [5.74, 6) is 0.178. The van der Waals surface area contributed by atoms with Crippen LogP contribution in [0.1, 0.15) is 25.3 Å². The predicted octanol–water partition coefficient (Wildman–Crippen LogP) is 3.59. The Morgan fingerprint density at radius 1 is 1.53 bits per heavy atom. The molecule has 0 aromatic heterocycles. The lowest BCUT2D eigenvalue weighted by molar-refractivity contribution is -0.131. The second-order valence-corrected chi connectivity index (χ2v) is 4.80. The summed E-state index contributed by atoms with van der Waals surface area (Å²) < 4.78 is 6.54. The van der Waals surface area contributed by atoms with Gasteiger partial charge in [-0.2, -0.15) is 0 Å². The van der Waals surface area contributed by atoms with Gasteiger partial charge in [-0.3, -0.25) is 0 Å². The first kappa shape index (κ1) is 13.8. The molecule has 0 aliphatic carbocycles. The summed E-state index contributed by atoms with van der Waals surface area (Å²) in [5, 5.41) is 8.44. The highest BCUT2D eigenvalue weighted by Crippen LogP contribution is 2.29. The van der Waals surface area contributed by atoms with Gasteiger partial charge in [0, 0.05) is 10.5 Å². The van der Waals surface area contributed by atoms with E-state index in [4.69, 9.17) is 9.84 Å². The van der Waals surface area contributed by atoms with Crippen LogP contribution in [0.15, 0.2) is 34.8 Å².